The lowest BCUT2D eigenvalue weighted by atomic mass is 10.00. The van der Waals surface area contributed by atoms with E-state index in [0.29, 0.717) is 35.7 Å². The van der Waals surface area contributed by atoms with Crippen LogP contribution in [0.2, 0.25) is 0 Å². The number of nitrogens with two attached hydrogens (primary N) is 1. The number of aromatic nitrogens is 2. The average molecular weight is 393 g/mol. The Hall–Kier alpha value is -2.12. The van der Waals surface area contributed by atoms with Crippen molar-refractivity contribution in [2.75, 3.05) is 5.32 Å². The second-order valence-electron chi connectivity index (χ2n) is 7.24. The van der Waals surface area contributed by atoms with Gasteiger partial charge in [-0.25, -0.2) is 0 Å². The number of rotatable bonds is 7. The molecule has 0 aliphatic heterocycles. The van der Waals surface area contributed by atoms with Crippen LogP contribution in [0.5, 0.6) is 5.75 Å². The summed E-state index contributed by atoms with van der Waals surface area (Å²) in [4.78, 5) is 16.5. The van der Waals surface area contributed by atoms with Crippen LogP contribution in [-0.4, -0.2) is 22.1 Å². The van der Waals surface area contributed by atoms with Gasteiger partial charge in [-0.05, 0) is 55.9 Å². The van der Waals surface area contributed by atoms with Crippen molar-refractivity contribution >= 4 is 24.0 Å². The summed E-state index contributed by atoms with van der Waals surface area (Å²) < 4.78 is 10.9. The predicted molar refractivity (Wildman–Crippen MR) is 103 cm³/mol. The minimum Gasteiger partial charge on any atom is -0.485 e. The van der Waals surface area contributed by atoms with Crippen LogP contribution in [0.3, 0.4) is 0 Å². The highest BCUT2D eigenvalue weighted by Crippen LogP contribution is 2.38. The molecular weight excluding hydrogens is 368 g/mol. The normalized spacial score (nSPS) is 21.5. The minimum atomic E-state index is 0. The number of benzene rings is 1. The van der Waals surface area contributed by atoms with Crippen molar-refractivity contribution in [3.63, 3.8) is 0 Å². The lowest BCUT2D eigenvalue weighted by Crippen LogP contribution is -2.28. The molecule has 0 radical (unpaired) electrons. The van der Waals surface area contributed by atoms with Gasteiger partial charge in [-0.3, -0.25) is 4.79 Å². The molecule has 7 nitrogen and oxygen atoms in total. The van der Waals surface area contributed by atoms with Crippen LogP contribution in [0.15, 0.2) is 28.8 Å². The van der Waals surface area contributed by atoms with Gasteiger partial charge >= 0.3 is 0 Å². The zero-order chi connectivity index (χ0) is 17.9. The Morgan fingerprint density at radius 2 is 2.00 bits per heavy atom. The molecule has 3 N–H and O–H groups in total. The second-order valence-corrected chi connectivity index (χ2v) is 7.24. The van der Waals surface area contributed by atoms with Gasteiger partial charge in [0, 0.05) is 24.1 Å². The molecule has 2 saturated carbocycles. The Morgan fingerprint density at radius 1 is 1.22 bits per heavy atom. The number of carbonyl (C=O) groups is 1. The number of anilines is 1. The lowest BCUT2D eigenvalue weighted by molar-refractivity contribution is -0.117. The Labute approximate surface area is 164 Å². The first-order valence-corrected chi connectivity index (χ1v) is 9.28. The van der Waals surface area contributed by atoms with Gasteiger partial charge in [0.15, 0.2) is 6.61 Å². The molecule has 0 bridgehead atoms. The van der Waals surface area contributed by atoms with Crippen molar-refractivity contribution in [1.29, 1.82) is 0 Å². The second kappa shape index (κ2) is 8.71. The zero-order valence-electron chi connectivity index (χ0n) is 15.1. The van der Waals surface area contributed by atoms with Crippen molar-refractivity contribution in [1.82, 2.24) is 10.1 Å². The zero-order valence-corrected chi connectivity index (χ0v) is 15.9. The van der Waals surface area contributed by atoms with E-state index in [1.54, 1.807) is 0 Å². The van der Waals surface area contributed by atoms with Gasteiger partial charge in [-0.1, -0.05) is 11.6 Å². The van der Waals surface area contributed by atoms with Crippen molar-refractivity contribution in [2.24, 2.45) is 11.7 Å². The number of nitrogens with zero attached hydrogens (tertiary/aromatic N) is 2. The maximum absolute atomic E-state index is 12.1. The highest BCUT2D eigenvalue weighted by atomic mass is 35.5. The molecule has 146 valence electrons. The fourth-order valence-corrected chi connectivity index (χ4v) is 3.37. The molecule has 8 heteroatoms. The number of ether oxygens (including phenoxy) is 1. The molecule has 2 aromatic rings. The average Bonchev–Trinajstić information content (AvgIpc) is 3.25. The van der Waals surface area contributed by atoms with Gasteiger partial charge in [0.2, 0.25) is 17.6 Å². The van der Waals surface area contributed by atoms with Crippen LogP contribution in [-0.2, 0) is 11.4 Å². The van der Waals surface area contributed by atoms with Gasteiger partial charge in [-0.15, -0.1) is 12.4 Å². The van der Waals surface area contributed by atoms with Crippen LogP contribution in [0, 0.1) is 5.92 Å². The smallest absolute Gasteiger partial charge is 0.229 e. The number of carbonyl (C=O) groups excluding carboxylic acids is 1. The van der Waals surface area contributed by atoms with E-state index in [-0.39, 0.29) is 31.0 Å². The summed E-state index contributed by atoms with van der Waals surface area (Å²) in [6.07, 6.45) is 5.92. The summed E-state index contributed by atoms with van der Waals surface area (Å²) in [7, 11) is 0. The first-order chi connectivity index (χ1) is 12.7. The fourth-order valence-electron chi connectivity index (χ4n) is 3.37. The van der Waals surface area contributed by atoms with E-state index in [1.165, 1.54) is 0 Å². The van der Waals surface area contributed by atoms with E-state index < -0.39 is 0 Å². The third kappa shape index (κ3) is 5.20. The van der Waals surface area contributed by atoms with Crippen LogP contribution in [0.1, 0.15) is 56.2 Å². The first-order valence-electron chi connectivity index (χ1n) is 9.28. The topological polar surface area (TPSA) is 103 Å². The van der Waals surface area contributed by atoms with Crippen molar-refractivity contribution < 1.29 is 14.1 Å². The van der Waals surface area contributed by atoms with Gasteiger partial charge in [0.25, 0.3) is 0 Å². The Morgan fingerprint density at radius 3 is 2.67 bits per heavy atom. The van der Waals surface area contributed by atoms with Crippen LogP contribution >= 0.6 is 12.4 Å². The number of nitrogens with one attached hydrogen (secondary N) is 1. The number of hydrogen-bond acceptors (Lipinski definition) is 6. The molecule has 1 amide bonds. The third-order valence-electron chi connectivity index (χ3n) is 5.08. The van der Waals surface area contributed by atoms with E-state index >= 15 is 0 Å². The molecule has 1 heterocycles. The molecule has 2 aliphatic carbocycles. The summed E-state index contributed by atoms with van der Waals surface area (Å²) in [5.41, 5.74) is 6.78. The van der Waals surface area contributed by atoms with Crippen molar-refractivity contribution in [2.45, 2.75) is 57.1 Å². The summed E-state index contributed by atoms with van der Waals surface area (Å²) >= 11 is 0. The molecule has 2 fully saturated rings. The monoisotopic (exact) mass is 392 g/mol. The van der Waals surface area contributed by atoms with Crippen molar-refractivity contribution in [3.05, 3.63) is 36.0 Å². The van der Waals surface area contributed by atoms with Crippen LogP contribution in [0.4, 0.5) is 5.69 Å². The molecule has 0 unspecified atom stereocenters. The summed E-state index contributed by atoms with van der Waals surface area (Å²) in [5.74, 6) is 2.71. The number of halogens is 1. The Bertz CT molecular complexity index is 761. The molecule has 0 saturated heterocycles. The fraction of sp³-hybridized carbons (Fsp3) is 0.526. The highest BCUT2D eigenvalue weighted by Gasteiger charge is 2.29. The quantitative estimate of drug-likeness (QED) is 0.748. The molecular formula is C19H25ClN4O3. The molecule has 1 aromatic heterocycles. The third-order valence-corrected chi connectivity index (χ3v) is 5.08. The van der Waals surface area contributed by atoms with Crippen LogP contribution < -0.4 is 15.8 Å². The summed E-state index contributed by atoms with van der Waals surface area (Å²) in [6, 6.07) is 7.45. The maximum atomic E-state index is 12.1. The molecule has 2 aliphatic rings. The van der Waals surface area contributed by atoms with E-state index in [1.807, 2.05) is 24.3 Å². The largest absolute Gasteiger partial charge is 0.485 e. The van der Waals surface area contributed by atoms with E-state index in [0.717, 1.165) is 37.8 Å². The number of hydrogen-bond donors (Lipinski definition) is 2. The maximum Gasteiger partial charge on any atom is 0.229 e. The van der Waals surface area contributed by atoms with Gasteiger partial charge < -0.3 is 20.3 Å². The Balaban J connectivity index is 0.00000210. The highest BCUT2D eigenvalue weighted by molar-refractivity contribution is 5.90. The lowest BCUT2D eigenvalue weighted by Gasteiger charge is -2.14. The minimum absolute atomic E-state index is 0. The van der Waals surface area contributed by atoms with E-state index in [2.05, 4.69) is 15.5 Å². The van der Waals surface area contributed by atoms with Crippen molar-refractivity contribution in [3.8, 4) is 5.75 Å². The molecule has 2 atom stereocenters. The summed E-state index contributed by atoms with van der Waals surface area (Å²) in [6.45, 7) is 0.265. The molecule has 1 aromatic carbocycles. The van der Waals surface area contributed by atoms with Crippen LogP contribution in [0.25, 0.3) is 0 Å². The van der Waals surface area contributed by atoms with E-state index in [4.69, 9.17) is 15.0 Å². The first kappa shape index (κ1) is 19.6. The predicted octanol–water partition coefficient (Wildman–Crippen LogP) is 3.40. The molecule has 4 rings (SSSR count). The van der Waals surface area contributed by atoms with E-state index in [9.17, 15) is 4.79 Å². The van der Waals surface area contributed by atoms with Gasteiger partial charge in [0.05, 0.1) is 0 Å². The summed E-state index contributed by atoms with van der Waals surface area (Å²) in [5, 5.41) is 6.85. The standard InChI is InChI=1S/C19H24N4O3.ClH/c20-16-3-1-2-13(16)10-18(24)21-14-6-8-15(9-7-14)25-11-17-22-19(26-23-17)12-4-5-12;/h6-9,12-13,16H,1-5,10-11,20H2,(H,21,24);1H/t13-,16+;/m0./s1. The molecule has 0 spiro atoms. The molecule has 27 heavy (non-hydrogen) atoms. The van der Waals surface area contributed by atoms with Gasteiger partial charge in [-0.2, -0.15) is 4.98 Å². The number of amides is 1. The SMILES string of the molecule is Cl.N[C@@H]1CCC[C@H]1CC(=O)Nc1ccc(OCc2noc(C3CC3)n2)cc1. The van der Waals surface area contributed by atoms with Gasteiger partial charge in [0.1, 0.15) is 5.75 Å². The Kier molecular flexibility index (Phi) is 6.34.